The van der Waals surface area contributed by atoms with Crippen molar-refractivity contribution in [1.82, 2.24) is 20.0 Å². The van der Waals surface area contributed by atoms with E-state index in [0.717, 1.165) is 37.1 Å². The van der Waals surface area contributed by atoms with Crippen LogP contribution in [0.4, 0.5) is 22.3 Å². The molecule has 2 aromatic carbocycles. The number of nitrogens with zero attached hydrogens (tertiary/aromatic N) is 4. The number of nitrogens with two attached hydrogens (primary N) is 1. The van der Waals surface area contributed by atoms with Gasteiger partial charge in [-0.3, -0.25) is 9.69 Å². The zero-order chi connectivity index (χ0) is 30.2. The molecule has 0 aliphatic rings. The summed E-state index contributed by atoms with van der Waals surface area (Å²) in [5.41, 5.74) is 9.23. The van der Waals surface area contributed by atoms with Crippen molar-refractivity contribution in [2.45, 2.75) is 33.6 Å². The minimum atomic E-state index is -0.0648. The highest BCUT2D eigenvalue weighted by molar-refractivity contribution is 7.19. The van der Waals surface area contributed by atoms with Crippen LogP contribution in [0.2, 0.25) is 0 Å². The van der Waals surface area contributed by atoms with E-state index in [2.05, 4.69) is 44.5 Å². The molecule has 0 spiro atoms. The van der Waals surface area contributed by atoms with Gasteiger partial charge in [0.2, 0.25) is 17.5 Å². The third kappa shape index (κ3) is 7.09. The summed E-state index contributed by atoms with van der Waals surface area (Å²) in [4.78, 5) is 24.4. The van der Waals surface area contributed by atoms with Gasteiger partial charge in [-0.2, -0.15) is 4.98 Å². The van der Waals surface area contributed by atoms with Crippen molar-refractivity contribution in [3.05, 3.63) is 35.9 Å². The molecule has 2 heterocycles. The molecular formula is C29H37N7O5S. The lowest BCUT2D eigenvalue weighted by atomic mass is 10.1. The van der Waals surface area contributed by atoms with Gasteiger partial charge < -0.3 is 35.1 Å². The van der Waals surface area contributed by atoms with Crippen molar-refractivity contribution in [3.63, 3.8) is 0 Å². The zero-order valence-electron chi connectivity index (χ0n) is 24.7. The summed E-state index contributed by atoms with van der Waals surface area (Å²) in [5, 5.41) is 10.9. The van der Waals surface area contributed by atoms with Gasteiger partial charge in [0.25, 0.3) is 5.89 Å². The van der Waals surface area contributed by atoms with Gasteiger partial charge in [0.1, 0.15) is 10.7 Å². The normalized spacial score (nSPS) is 11.0. The molecule has 0 atom stereocenters. The SMILES string of the molecule is CCCN(CCC)CC(=O)Nc1ccc(C)c(-c2noc(-c3sc(Nc4cc(OC)c(OC)c(OC)c4)nc3N)n2)c1. The Bertz CT molecular complexity index is 1490. The fraction of sp³-hybridized carbons (Fsp3) is 0.379. The van der Waals surface area contributed by atoms with Crippen molar-refractivity contribution in [2.24, 2.45) is 0 Å². The first-order valence-electron chi connectivity index (χ1n) is 13.6. The van der Waals surface area contributed by atoms with Crippen LogP contribution < -0.4 is 30.6 Å². The monoisotopic (exact) mass is 595 g/mol. The van der Waals surface area contributed by atoms with Crippen LogP contribution in [0.15, 0.2) is 34.9 Å². The number of methoxy groups -OCH3 is 3. The Kier molecular flexibility index (Phi) is 10.2. The minimum absolute atomic E-state index is 0.0648. The fourth-order valence-electron chi connectivity index (χ4n) is 4.49. The quantitative estimate of drug-likeness (QED) is 0.168. The number of ether oxygens (including phenoxy) is 3. The first kappa shape index (κ1) is 30.6. The maximum absolute atomic E-state index is 12.7. The number of anilines is 4. The van der Waals surface area contributed by atoms with Crippen LogP contribution in [0.25, 0.3) is 22.2 Å². The summed E-state index contributed by atoms with van der Waals surface area (Å²) in [5.74, 6) is 2.27. The molecule has 2 aromatic heterocycles. The summed E-state index contributed by atoms with van der Waals surface area (Å²) in [6.45, 7) is 8.27. The van der Waals surface area contributed by atoms with Crippen LogP contribution in [-0.2, 0) is 4.79 Å². The van der Waals surface area contributed by atoms with Crippen molar-refractivity contribution in [1.29, 1.82) is 0 Å². The molecule has 0 fully saturated rings. The molecule has 4 aromatic rings. The van der Waals surface area contributed by atoms with E-state index < -0.39 is 0 Å². The Balaban J connectivity index is 1.52. The summed E-state index contributed by atoms with van der Waals surface area (Å²) < 4.78 is 21.8. The van der Waals surface area contributed by atoms with Crippen LogP contribution in [0, 0.1) is 6.92 Å². The molecule has 224 valence electrons. The van der Waals surface area contributed by atoms with Crippen LogP contribution in [0.3, 0.4) is 0 Å². The maximum Gasteiger partial charge on any atom is 0.272 e. The lowest BCUT2D eigenvalue weighted by Gasteiger charge is -2.20. The Labute approximate surface area is 249 Å². The highest BCUT2D eigenvalue weighted by Gasteiger charge is 2.21. The first-order valence-corrected chi connectivity index (χ1v) is 14.4. The smallest absolute Gasteiger partial charge is 0.272 e. The van der Waals surface area contributed by atoms with E-state index in [1.807, 2.05) is 25.1 Å². The van der Waals surface area contributed by atoms with Crippen LogP contribution in [-0.4, -0.2) is 66.9 Å². The number of hydrogen-bond donors (Lipinski definition) is 3. The van der Waals surface area contributed by atoms with E-state index >= 15 is 0 Å². The molecule has 0 radical (unpaired) electrons. The van der Waals surface area contributed by atoms with Gasteiger partial charge in [0.15, 0.2) is 16.6 Å². The number of hydrogen-bond acceptors (Lipinski definition) is 12. The Hall–Kier alpha value is -4.36. The van der Waals surface area contributed by atoms with Crippen molar-refractivity contribution in [2.75, 3.05) is 57.3 Å². The second kappa shape index (κ2) is 14.0. The van der Waals surface area contributed by atoms with Crippen LogP contribution >= 0.6 is 11.3 Å². The van der Waals surface area contributed by atoms with E-state index in [0.29, 0.717) is 51.0 Å². The average Bonchev–Trinajstić information content (AvgIpc) is 3.60. The van der Waals surface area contributed by atoms with Gasteiger partial charge in [-0.25, -0.2) is 4.98 Å². The van der Waals surface area contributed by atoms with E-state index in [1.54, 1.807) is 33.5 Å². The molecule has 42 heavy (non-hydrogen) atoms. The van der Waals surface area contributed by atoms with Crippen LogP contribution in [0.5, 0.6) is 17.2 Å². The van der Waals surface area contributed by atoms with Crippen molar-refractivity contribution in [3.8, 4) is 39.4 Å². The average molecular weight is 596 g/mol. The maximum atomic E-state index is 12.7. The number of carbonyl (C=O) groups is 1. The zero-order valence-corrected chi connectivity index (χ0v) is 25.6. The van der Waals surface area contributed by atoms with E-state index in [4.69, 9.17) is 24.5 Å². The van der Waals surface area contributed by atoms with E-state index in [1.165, 1.54) is 11.3 Å². The predicted octanol–water partition coefficient (Wildman–Crippen LogP) is 5.58. The van der Waals surface area contributed by atoms with Gasteiger partial charge in [0, 0.05) is 29.1 Å². The number of nitrogens with one attached hydrogen (secondary N) is 2. The number of thiazole rings is 1. The molecule has 12 nitrogen and oxygen atoms in total. The summed E-state index contributed by atoms with van der Waals surface area (Å²) in [6, 6.07) is 9.16. The van der Waals surface area contributed by atoms with Gasteiger partial charge in [-0.15, -0.1) is 0 Å². The second-order valence-electron chi connectivity index (χ2n) is 9.55. The number of amides is 1. The Morgan fingerprint density at radius 3 is 2.31 bits per heavy atom. The topological polar surface area (TPSA) is 150 Å². The summed E-state index contributed by atoms with van der Waals surface area (Å²) in [6.07, 6.45) is 1.99. The van der Waals surface area contributed by atoms with Crippen molar-refractivity contribution < 1.29 is 23.5 Å². The van der Waals surface area contributed by atoms with Gasteiger partial charge in [-0.1, -0.05) is 36.4 Å². The van der Waals surface area contributed by atoms with E-state index in [-0.39, 0.29) is 17.6 Å². The largest absolute Gasteiger partial charge is 0.493 e. The number of aryl methyl sites for hydroxylation is 1. The van der Waals surface area contributed by atoms with E-state index in [9.17, 15) is 4.79 Å². The molecule has 0 bridgehead atoms. The molecule has 1 amide bonds. The predicted molar refractivity (Wildman–Crippen MR) is 165 cm³/mol. The number of aromatic nitrogens is 3. The standard InChI is InChI=1S/C29H37N7O5S/c1-7-11-36(12-8-2)16-23(37)31-18-10-9-17(3)20(13-18)27-34-28(41-35-27)25-26(30)33-29(42-25)32-19-14-21(38-4)24(40-6)22(15-19)39-5/h9-10,13-15H,7-8,11-12,16,30H2,1-6H3,(H,31,37)(H,32,33). The third-order valence-electron chi connectivity index (χ3n) is 6.40. The molecule has 0 saturated carbocycles. The molecule has 0 unspecified atom stereocenters. The lowest BCUT2D eigenvalue weighted by Crippen LogP contribution is -2.34. The van der Waals surface area contributed by atoms with Gasteiger partial charge >= 0.3 is 0 Å². The molecule has 0 saturated heterocycles. The van der Waals surface area contributed by atoms with Crippen molar-refractivity contribution >= 4 is 39.6 Å². The summed E-state index contributed by atoms with van der Waals surface area (Å²) >= 11 is 1.26. The molecule has 0 aliphatic heterocycles. The fourth-order valence-corrected chi connectivity index (χ4v) is 5.31. The molecular weight excluding hydrogens is 558 g/mol. The number of nitrogen functional groups attached to an aromatic ring is 1. The number of rotatable bonds is 14. The summed E-state index contributed by atoms with van der Waals surface area (Å²) in [7, 11) is 4.64. The highest BCUT2D eigenvalue weighted by atomic mass is 32.1. The molecule has 13 heteroatoms. The number of benzene rings is 2. The number of carbonyl (C=O) groups excluding carboxylic acids is 1. The molecule has 4 rings (SSSR count). The lowest BCUT2D eigenvalue weighted by molar-refractivity contribution is -0.117. The molecule has 4 N–H and O–H groups in total. The second-order valence-corrected chi connectivity index (χ2v) is 10.5. The Morgan fingerprint density at radius 1 is 1.00 bits per heavy atom. The minimum Gasteiger partial charge on any atom is -0.493 e. The Morgan fingerprint density at radius 2 is 1.69 bits per heavy atom. The highest BCUT2D eigenvalue weighted by Crippen LogP contribution is 2.42. The first-order chi connectivity index (χ1) is 20.3. The van der Waals surface area contributed by atoms with Gasteiger partial charge in [0.05, 0.1) is 27.9 Å². The third-order valence-corrected chi connectivity index (χ3v) is 7.37. The van der Waals surface area contributed by atoms with Crippen LogP contribution in [0.1, 0.15) is 32.3 Å². The molecule has 0 aliphatic carbocycles. The van der Waals surface area contributed by atoms with Gasteiger partial charge in [-0.05, 0) is 50.6 Å².